The fraction of sp³-hybridized carbons (Fsp3) is 0.357. The molecule has 1 aromatic rings. The van der Waals surface area contributed by atoms with Crippen molar-refractivity contribution in [3.05, 3.63) is 33.8 Å². The van der Waals surface area contributed by atoms with Crippen LogP contribution in [0.3, 0.4) is 0 Å². The lowest BCUT2D eigenvalue weighted by atomic mass is 10.2. The predicted octanol–water partition coefficient (Wildman–Crippen LogP) is 2.50. The highest BCUT2D eigenvalue weighted by Gasteiger charge is 2.20. The van der Waals surface area contributed by atoms with Gasteiger partial charge in [-0.15, -0.1) is 0 Å². The number of carbonyl (C=O) groups is 2. The Balaban J connectivity index is 1.84. The first-order valence-corrected chi connectivity index (χ1v) is 7.41. The fourth-order valence-corrected chi connectivity index (χ4v) is 2.60. The summed E-state index contributed by atoms with van der Waals surface area (Å²) in [6.45, 7) is 0. The smallest absolute Gasteiger partial charge is 0.329 e. The van der Waals surface area contributed by atoms with Gasteiger partial charge in [0.15, 0.2) is 0 Å². The van der Waals surface area contributed by atoms with Crippen molar-refractivity contribution in [2.45, 2.75) is 31.7 Å². The highest BCUT2D eigenvalue weighted by Crippen LogP contribution is 2.19. The van der Waals surface area contributed by atoms with Gasteiger partial charge in [-0.25, -0.2) is 5.43 Å². The zero-order chi connectivity index (χ0) is 15.2. The number of hydrogen-bond acceptors (Lipinski definition) is 3. The summed E-state index contributed by atoms with van der Waals surface area (Å²) in [6.07, 6.45) is 5.37. The van der Waals surface area contributed by atoms with Crippen LogP contribution in [-0.4, -0.2) is 24.1 Å². The number of nitrogens with zero attached hydrogens (tertiary/aromatic N) is 1. The zero-order valence-electron chi connectivity index (χ0n) is 11.2. The van der Waals surface area contributed by atoms with Crippen LogP contribution in [0.25, 0.3) is 0 Å². The molecule has 0 spiro atoms. The summed E-state index contributed by atoms with van der Waals surface area (Å²) >= 11 is 11.7. The number of halogens is 2. The molecule has 2 N–H and O–H groups in total. The maximum absolute atomic E-state index is 11.6. The van der Waals surface area contributed by atoms with Crippen LogP contribution in [-0.2, 0) is 9.59 Å². The maximum Gasteiger partial charge on any atom is 0.329 e. The van der Waals surface area contributed by atoms with Gasteiger partial charge in [0.05, 0.1) is 11.2 Å². The molecule has 5 nitrogen and oxygen atoms in total. The molecule has 2 rings (SSSR count). The number of amides is 2. The molecule has 1 fully saturated rings. The molecule has 0 aliphatic heterocycles. The standard InChI is InChI=1S/C14H15Cl2N3O2/c15-10-6-5-9(12(16)7-10)8-17-19-14(21)13(20)18-11-3-1-2-4-11/h5-8,11H,1-4H2,(H,18,20)(H,19,21)/b17-8-. The van der Waals surface area contributed by atoms with Gasteiger partial charge in [0.25, 0.3) is 0 Å². The molecule has 1 aliphatic carbocycles. The van der Waals surface area contributed by atoms with E-state index in [-0.39, 0.29) is 6.04 Å². The quantitative estimate of drug-likeness (QED) is 0.508. The van der Waals surface area contributed by atoms with E-state index < -0.39 is 11.8 Å². The Kier molecular flexibility index (Phi) is 5.59. The molecule has 0 radical (unpaired) electrons. The van der Waals surface area contributed by atoms with Crippen molar-refractivity contribution in [2.24, 2.45) is 5.10 Å². The van der Waals surface area contributed by atoms with Crippen LogP contribution in [0.4, 0.5) is 0 Å². The van der Waals surface area contributed by atoms with Gasteiger partial charge in [0.1, 0.15) is 0 Å². The summed E-state index contributed by atoms with van der Waals surface area (Å²) in [5, 5.41) is 7.32. The molecular formula is C14H15Cl2N3O2. The minimum Gasteiger partial charge on any atom is -0.345 e. The van der Waals surface area contributed by atoms with Crippen molar-refractivity contribution in [1.82, 2.24) is 10.7 Å². The zero-order valence-corrected chi connectivity index (χ0v) is 12.7. The molecule has 7 heteroatoms. The van der Waals surface area contributed by atoms with E-state index in [9.17, 15) is 9.59 Å². The van der Waals surface area contributed by atoms with E-state index in [1.807, 2.05) is 0 Å². The summed E-state index contributed by atoms with van der Waals surface area (Å²) in [5.41, 5.74) is 2.77. The molecule has 21 heavy (non-hydrogen) atoms. The summed E-state index contributed by atoms with van der Waals surface area (Å²) in [4.78, 5) is 23.2. The van der Waals surface area contributed by atoms with Crippen LogP contribution in [0.15, 0.2) is 23.3 Å². The van der Waals surface area contributed by atoms with Gasteiger partial charge >= 0.3 is 11.8 Å². The van der Waals surface area contributed by atoms with Gasteiger partial charge in [0.2, 0.25) is 0 Å². The molecule has 0 aromatic heterocycles. The third-order valence-corrected chi connectivity index (χ3v) is 3.79. The predicted molar refractivity (Wildman–Crippen MR) is 82.6 cm³/mol. The number of carbonyl (C=O) groups excluding carboxylic acids is 2. The van der Waals surface area contributed by atoms with E-state index in [1.165, 1.54) is 6.21 Å². The number of nitrogens with one attached hydrogen (secondary N) is 2. The summed E-state index contributed by atoms with van der Waals surface area (Å²) < 4.78 is 0. The Morgan fingerprint density at radius 1 is 1.19 bits per heavy atom. The second-order valence-electron chi connectivity index (χ2n) is 4.82. The lowest BCUT2D eigenvalue weighted by molar-refractivity contribution is -0.139. The van der Waals surface area contributed by atoms with Gasteiger partial charge < -0.3 is 5.32 Å². The third-order valence-electron chi connectivity index (χ3n) is 3.23. The van der Waals surface area contributed by atoms with E-state index in [4.69, 9.17) is 23.2 Å². The first-order chi connectivity index (χ1) is 10.1. The number of benzene rings is 1. The Hall–Kier alpha value is -1.59. The molecule has 2 amide bonds. The molecule has 1 aliphatic rings. The van der Waals surface area contributed by atoms with Gasteiger partial charge in [-0.05, 0) is 25.0 Å². The molecule has 0 bridgehead atoms. The number of hydrogen-bond donors (Lipinski definition) is 2. The van der Waals surface area contributed by atoms with Crippen molar-refractivity contribution in [3.63, 3.8) is 0 Å². The van der Waals surface area contributed by atoms with Gasteiger partial charge in [-0.2, -0.15) is 5.10 Å². The number of rotatable bonds is 3. The highest BCUT2D eigenvalue weighted by molar-refractivity contribution is 6.36. The SMILES string of the molecule is O=C(N/N=C\c1ccc(Cl)cc1Cl)C(=O)NC1CCCC1. The van der Waals surface area contributed by atoms with Crippen molar-refractivity contribution < 1.29 is 9.59 Å². The van der Waals surface area contributed by atoms with E-state index in [0.29, 0.717) is 15.6 Å². The van der Waals surface area contributed by atoms with Crippen LogP contribution >= 0.6 is 23.2 Å². The molecule has 112 valence electrons. The van der Waals surface area contributed by atoms with Gasteiger partial charge in [0, 0.05) is 16.6 Å². The summed E-state index contributed by atoms with van der Waals surface area (Å²) in [5.74, 6) is -1.45. The average Bonchev–Trinajstić information content (AvgIpc) is 2.94. The normalized spacial score (nSPS) is 15.3. The van der Waals surface area contributed by atoms with Crippen LogP contribution in [0.1, 0.15) is 31.2 Å². The lowest BCUT2D eigenvalue weighted by Crippen LogP contribution is -2.42. The largest absolute Gasteiger partial charge is 0.345 e. The average molecular weight is 328 g/mol. The Bertz CT molecular complexity index is 569. The minimum atomic E-state index is -0.789. The molecular weight excluding hydrogens is 313 g/mol. The fourth-order valence-electron chi connectivity index (χ4n) is 2.14. The van der Waals surface area contributed by atoms with Gasteiger partial charge in [-0.3, -0.25) is 9.59 Å². The molecule has 1 saturated carbocycles. The van der Waals surface area contributed by atoms with E-state index in [2.05, 4.69) is 15.8 Å². The molecule has 0 atom stereocenters. The lowest BCUT2D eigenvalue weighted by Gasteiger charge is -2.10. The molecule has 0 unspecified atom stereocenters. The van der Waals surface area contributed by atoms with E-state index in [1.54, 1.807) is 18.2 Å². The van der Waals surface area contributed by atoms with E-state index >= 15 is 0 Å². The van der Waals surface area contributed by atoms with Crippen LogP contribution < -0.4 is 10.7 Å². The maximum atomic E-state index is 11.6. The highest BCUT2D eigenvalue weighted by atomic mass is 35.5. The second-order valence-corrected chi connectivity index (χ2v) is 5.66. The Labute approximate surface area is 132 Å². The van der Waals surface area contributed by atoms with Crippen molar-refractivity contribution in [1.29, 1.82) is 0 Å². The van der Waals surface area contributed by atoms with Crippen molar-refractivity contribution >= 4 is 41.2 Å². The molecule has 0 heterocycles. The van der Waals surface area contributed by atoms with Crippen LogP contribution in [0, 0.1) is 0 Å². The van der Waals surface area contributed by atoms with Crippen LogP contribution in [0.2, 0.25) is 10.0 Å². The minimum absolute atomic E-state index is 0.0953. The summed E-state index contributed by atoms with van der Waals surface area (Å²) in [6, 6.07) is 4.99. The molecule has 1 aromatic carbocycles. The first-order valence-electron chi connectivity index (χ1n) is 6.65. The first kappa shape index (κ1) is 15.8. The van der Waals surface area contributed by atoms with Crippen LogP contribution in [0.5, 0.6) is 0 Å². The number of hydrazone groups is 1. The van der Waals surface area contributed by atoms with Crippen molar-refractivity contribution in [2.75, 3.05) is 0 Å². The molecule has 0 saturated heterocycles. The Morgan fingerprint density at radius 3 is 2.57 bits per heavy atom. The monoisotopic (exact) mass is 327 g/mol. The topological polar surface area (TPSA) is 70.6 Å². The van der Waals surface area contributed by atoms with Crippen molar-refractivity contribution in [3.8, 4) is 0 Å². The Morgan fingerprint density at radius 2 is 1.90 bits per heavy atom. The second kappa shape index (κ2) is 7.43. The third kappa shape index (κ3) is 4.72. The summed E-state index contributed by atoms with van der Waals surface area (Å²) in [7, 11) is 0. The van der Waals surface area contributed by atoms with Gasteiger partial charge in [-0.1, -0.05) is 42.1 Å². The van der Waals surface area contributed by atoms with E-state index in [0.717, 1.165) is 25.7 Å².